The van der Waals surface area contributed by atoms with Crippen LogP contribution in [0.5, 0.6) is 0 Å². The predicted molar refractivity (Wildman–Crippen MR) is 93.0 cm³/mol. The van der Waals surface area contributed by atoms with Crippen LogP contribution in [-0.2, 0) is 6.42 Å². The third-order valence-corrected chi connectivity index (χ3v) is 3.74. The molecule has 0 aliphatic carbocycles. The fraction of sp³-hybridized carbons (Fsp3) is 0.111. The Kier molecular flexibility index (Phi) is 3.74. The van der Waals surface area contributed by atoms with Crippen LogP contribution in [0.3, 0.4) is 0 Å². The fourth-order valence-electron chi connectivity index (χ4n) is 2.63. The zero-order valence-corrected chi connectivity index (χ0v) is 12.3. The van der Waals surface area contributed by atoms with E-state index in [0.29, 0.717) is 11.3 Å². The smallest absolute Gasteiger partial charge is 0.117 e. The molecule has 0 atom stereocenters. The van der Waals surface area contributed by atoms with Crippen molar-refractivity contribution >= 4 is 28.0 Å². The van der Waals surface area contributed by atoms with Crippen molar-refractivity contribution in [2.45, 2.75) is 6.42 Å². The number of hydrogen-bond donors (Lipinski definition) is 4. The highest BCUT2D eigenvalue weighted by Gasteiger charge is 2.07. The van der Waals surface area contributed by atoms with E-state index in [1.165, 1.54) is 10.9 Å². The average molecular weight is 293 g/mol. The Bertz CT molecular complexity index is 820. The van der Waals surface area contributed by atoms with Gasteiger partial charge >= 0.3 is 0 Å². The number of para-hydroxylation sites is 1. The summed E-state index contributed by atoms with van der Waals surface area (Å²) in [6.07, 6.45) is 2.92. The van der Waals surface area contributed by atoms with E-state index in [0.717, 1.165) is 24.2 Å². The molecule has 0 amide bonds. The molecule has 22 heavy (non-hydrogen) atoms. The standard InChI is InChI=1S/C18H19N3O/c1-12(22)16-10-14(19)6-7-18(16)20-9-8-13-11-21-17-5-3-2-4-15(13)17/h2-7,10-11,20-22H,1,8-9,19H2. The second kappa shape index (κ2) is 5.85. The van der Waals surface area contributed by atoms with Crippen molar-refractivity contribution in [3.8, 4) is 0 Å². The summed E-state index contributed by atoms with van der Waals surface area (Å²) in [5.41, 5.74) is 10.2. The van der Waals surface area contributed by atoms with Crippen LogP contribution in [-0.4, -0.2) is 16.6 Å². The van der Waals surface area contributed by atoms with E-state index in [4.69, 9.17) is 5.73 Å². The van der Waals surface area contributed by atoms with Gasteiger partial charge in [0.15, 0.2) is 0 Å². The number of hydrogen-bond acceptors (Lipinski definition) is 3. The van der Waals surface area contributed by atoms with E-state index in [9.17, 15) is 5.11 Å². The summed E-state index contributed by atoms with van der Waals surface area (Å²) in [6, 6.07) is 13.6. The highest BCUT2D eigenvalue weighted by atomic mass is 16.3. The number of rotatable bonds is 5. The quantitative estimate of drug-likeness (QED) is 0.425. The Morgan fingerprint density at radius 2 is 2.05 bits per heavy atom. The summed E-state index contributed by atoms with van der Waals surface area (Å²) < 4.78 is 0. The number of nitrogens with one attached hydrogen (secondary N) is 2. The van der Waals surface area contributed by atoms with E-state index in [2.05, 4.69) is 29.0 Å². The zero-order chi connectivity index (χ0) is 15.5. The first-order valence-electron chi connectivity index (χ1n) is 7.22. The molecule has 0 aliphatic heterocycles. The van der Waals surface area contributed by atoms with Gasteiger partial charge in [-0.2, -0.15) is 0 Å². The summed E-state index contributed by atoms with van der Waals surface area (Å²) in [7, 11) is 0. The summed E-state index contributed by atoms with van der Waals surface area (Å²) >= 11 is 0. The molecule has 4 nitrogen and oxygen atoms in total. The number of aromatic nitrogens is 1. The van der Waals surface area contributed by atoms with Gasteiger partial charge in [0.25, 0.3) is 0 Å². The first kappa shape index (κ1) is 14.1. The van der Waals surface area contributed by atoms with Crippen LogP contribution < -0.4 is 11.1 Å². The van der Waals surface area contributed by atoms with E-state index in [-0.39, 0.29) is 5.76 Å². The van der Waals surface area contributed by atoms with Crippen molar-refractivity contribution < 1.29 is 5.11 Å². The molecule has 0 unspecified atom stereocenters. The molecule has 3 rings (SSSR count). The molecule has 0 bridgehead atoms. The second-order valence-corrected chi connectivity index (χ2v) is 5.29. The molecule has 1 aromatic heterocycles. The van der Waals surface area contributed by atoms with E-state index in [1.54, 1.807) is 12.1 Å². The lowest BCUT2D eigenvalue weighted by Gasteiger charge is -2.12. The average Bonchev–Trinajstić information content (AvgIpc) is 2.92. The largest absolute Gasteiger partial charge is 0.508 e. The monoisotopic (exact) mass is 293 g/mol. The lowest BCUT2D eigenvalue weighted by molar-refractivity contribution is 0.514. The molecule has 5 N–H and O–H groups in total. The number of nitrogen functional groups attached to an aromatic ring is 1. The number of aliphatic hydroxyl groups excluding tert-OH is 1. The Morgan fingerprint density at radius 1 is 1.23 bits per heavy atom. The van der Waals surface area contributed by atoms with E-state index < -0.39 is 0 Å². The number of anilines is 2. The SMILES string of the molecule is C=C(O)c1cc(N)ccc1NCCc1c[nH]c2ccccc12. The fourth-order valence-corrected chi connectivity index (χ4v) is 2.63. The van der Waals surface area contributed by atoms with Crippen molar-refractivity contribution in [1.29, 1.82) is 0 Å². The molecule has 112 valence electrons. The molecule has 0 radical (unpaired) electrons. The van der Waals surface area contributed by atoms with Crippen molar-refractivity contribution in [1.82, 2.24) is 4.98 Å². The van der Waals surface area contributed by atoms with Gasteiger partial charge in [-0.15, -0.1) is 0 Å². The van der Waals surface area contributed by atoms with E-state index in [1.807, 2.05) is 24.4 Å². The number of benzene rings is 2. The van der Waals surface area contributed by atoms with E-state index >= 15 is 0 Å². The minimum atomic E-state index is 0.0156. The molecule has 4 heteroatoms. The Morgan fingerprint density at radius 3 is 2.86 bits per heavy atom. The Hall–Kier alpha value is -2.88. The van der Waals surface area contributed by atoms with Crippen LogP contribution in [0, 0.1) is 0 Å². The number of nitrogens with two attached hydrogens (primary N) is 1. The minimum absolute atomic E-state index is 0.0156. The maximum absolute atomic E-state index is 9.66. The lowest BCUT2D eigenvalue weighted by Crippen LogP contribution is -2.07. The topological polar surface area (TPSA) is 74.1 Å². The van der Waals surface area contributed by atoms with Crippen LogP contribution in [0.2, 0.25) is 0 Å². The molecule has 3 aromatic rings. The number of H-pyrrole nitrogens is 1. The Labute approximate surface area is 129 Å². The van der Waals surface area contributed by atoms with Crippen molar-refractivity contribution in [3.63, 3.8) is 0 Å². The zero-order valence-electron chi connectivity index (χ0n) is 12.3. The van der Waals surface area contributed by atoms with Crippen LogP contribution in [0.1, 0.15) is 11.1 Å². The van der Waals surface area contributed by atoms with Gasteiger partial charge in [-0.25, -0.2) is 0 Å². The van der Waals surface area contributed by atoms with Crippen LogP contribution in [0.4, 0.5) is 11.4 Å². The summed E-state index contributed by atoms with van der Waals surface area (Å²) in [4.78, 5) is 3.28. The highest BCUT2D eigenvalue weighted by Crippen LogP contribution is 2.24. The van der Waals surface area contributed by atoms with Gasteiger partial charge in [-0.1, -0.05) is 24.8 Å². The normalized spacial score (nSPS) is 10.7. The van der Waals surface area contributed by atoms with Gasteiger partial charge in [0.1, 0.15) is 5.76 Å². The first-order valence-corrected chi connectivity index (χ1v) is 7.22. The second-order valence-electron chi connectivity index (χ2n) is 5.29. The molecule has 1 heterocycles. The Balaban J connectivity index is 1.72. The van der Waals surface area contributed by atoms with Gasteiger partial charge in [0, 0.05) is 40.6 Å². The van der Waals surface area contributed by atoms with Crippen LogP contribution >= 0.6 is 0 Å². The number of aromatic amines is 1. The predicted octanol–water partition coefficient (Wildman–Crippen LogP) is 3.93. The molecular weight excluding hydrogens is 274 g/mol. The summed E-state index contributed by atoms with van der Waals surface area (Å²) in [5, 5.41) is 14.2. The van der Waals surface area contributed by atoms with Crippen molar-refractivity contribution in [3.05, 3.63) is 66.4 Å². The molecule has 0 saturated heterocycles. The molecule has 2 aromatic carbocycles. The lowest BCUT2D eigenvalue weighted by atomic mass is 10.1. The number of fused-ring (bicyclic) bond motifs is 1. The molecule has 0 fully saturated rings. The maximum atomic E-state index is 9.66. The van der Waals surface area contributed by atoms with Gasteiger partial charge in [0.2, 0.25) is 0 Å². The van der Waals surface area contributed by atoms with Gasteiger partial charge in [-0.3, -0.25) is 0 Å². The maximum Gasteiger partial charge on any atom is 0.117 e. The van der Waals surface area contributed by atoms with Crippen molar-refractivity contribution in [2.75, 3.05) is 17.6 Å². The van der Waals surface area contributed by atoms with Crippen LogP contribution in [0.25, 0.3) is 16.7 Å². The number of aliphatic hydroxyl groups is 1. The van der Waals surface area contributed by atoms with Crippen molar-refractivity contribution in [2.24, 2.45) is 0 Å². The molecule has 0 saturated carbocycles. The molecule has 0 spiro atoms. The third kappa shape index (κ3) is 2.76. The summed E-state index contributed by atoms with van der Waals surface area (Å²) in [6.45, 7) is 4.34. The summed E-state index contributed by atoms with van der Waals surface area (Å²) in [5.74, 6) is 0.0156. The van der Waals surface area contributed by atoms with Crippen LogP contribution in [0.15, 0.2) is 55.2 Å². The highest BCUT2D eigenvalue weighted by molar-refractivity contribution is 5.83. The minimum Gasteiger partial charge on any atom is -0.508 e. The molecular formula is C18H19N3O. The third-order valence-electron chi connectivity index (χ3n) is 3.74. The molecule has 0 aliphatic rings. The first-order chi connectivity index (χ1) is 10.6. The van der Waals surface area contributed by atoms with Gasteiger partial charge < -0.3 is 21.1 Å². The van der Waals surface area contributed by atoms with Gasteiger partial charge in [-0.05, 0) is 36.2 Å². The van der Waals surface area contributed by atoms with Gasteiger partial charge in [0.05, 0.1) is 0 Å².